The standard InChI is InChI=1S/C9H12N3.ClH/c1-7-6-8(12(2)3)4-5-9(7)11-10;/h4-6H,1-3H3;1H/q+1;/p-1. The maximum absolute atomic E-state index is 8.56. The van der Waals surface area contributed by atoms with Crippen LogP contribution in [0.5, 0.6) is 0 Å². The second-order valence-corrected chi connectivity index (χ2v) is 2.97. The van der Waals surface area contributed by atoms with Gasteiger partial charge in [0.05, 0.1) is 0 Å². The van der Waals surface area contributed by atoms with Gasteiger partial charge in [-0.3, -0.25) is 0 Å². The molecular weight excluding hydrogens is 186 g/mol. The zero-order chi connectivity index (χ0) is 9.14. The van der Waals surface area contributed by atoms with Crippen LogP contribution in [0.2, 0.25) is 0 Å². The highest BCUT2D eigenvalue weighted by atomic mass is 35.5. The molecular formula is C9H12ClN3. The molecule has 0 unspecified atom stereocenters. The highest BCUT2D eigenvalue weighted by molar-refractivity contribution is 5.59. The molecule has 1 rings (SSSR count). The molecule has 13 heavy (non-hydrogen) atoms. The van der Waals surface area contributed by atoms with Crippen LogP contribution in [0.25, 0.3) is 4.98 Å². The number of hydrogen-bond donors (Lipinski definition) is 0. The van der Waals surface area contributed by atoms with E-state index in [0.717, 1.165) is 11.3 Å². The van der Waals surface area contributed by atoms with E-state index in [9.17, 15) is 0 Å². The van der Waals surface area contributed by atoms with Gasteiger partial charge in [0.15, 0.2) is 4.98 Å². The number of aryl methyl sites for hydroxylation is 1. The fraction of sp³-hybridized carbons (Fsp3) is 0.333. The molecule has 0 heterocycles. The normalized spacial score (nSPS) is 8.46. The van der Waals surface area contributed by atoms with Crippen molar-refractivity contribution in [2.24, 2.45) is 0 Å². The highest BCUT2D eigenvalue weighted by Crippen LogP contribution is 2.23. The predicted octanol–water partition coefficient (Wildman–Crippen LogP) is -0.450. The molecule has 70 valence electrons. The summed E-state index contributed by atoms with van der Waals surface area (Å²) in [5.74, 6) is 0. The van der Waals surface area contributed by atoms with Crippen molar-refractivity contribution in [2.75, 3.05) is 19.0 Å². The van der Waals surface area contributed by atoms with Gasteiger partial charge in [0, 0.05) is 31.4 Å². The Hall–Kier alpha value is -1.27. The molecule has 3 nitrogen and oxygen atoms in total. The van der Waals surface area contributed by atoms with E-state index in [-0.39, 0.29) is 12.4 Å². The van der Waals surface area contributed by atoms with E-state index in [4.69, 9.17) is 5.39 Å². The monoisotopic (exact) mass is 197 g/mol. The summed E-state index contributed by atoms with van der Waals surface area (Å²) in [5.41, 5.74) is 2.71. The number of hydrogen-bond acceptors (Lipinski definition) is 2. The van der Waals surface area contributed by atoms with Crippen LogP contribution in [0, 0.1) is 12.3 Å². The molecule has 0 fully saturated rings. The fourth-order valence-corrected chi connectivity index (χ4v) is 1.03. The van der Waals surface area contributed by atoms with Gasteiger partial charge in [-0.1, -0.05) is 0 Å². The van der Waals surface area contributed by atoms with Crippen molar-refractivity contribution in [2.45, 2.75) is 6.92 Å². The molecule has 0 saturated carbocycles. The Morgan fingerprint density at radius 3 is 2.31 bits per heavy atom. The van der Waals surface area contributed by atoms with E-state index in [1.807, 2.05) is 38.1 Å². The van der Waals surface area contributed by atoms with Crippen LogP contribution in [-0.2, 0) is 0 Å². The van der Waals surface area contributed by atoms with Crippen molar-refractivity contribution in [1.29, 1.82) is 5.39 Å². The van der Waals surface area contributed by atoms with Gasteiger partial charge in [0.2, 0.25) is 5.39 Å². The quantitative estimate of drug-likeness (QED) is 0.572. The minimum absolute atomic E-state index is 0. The van der Waals surface area contributed by atoms with Gasteiger partial charge >= 0.3 is 5.69 Å². The molecule has 0 bridgehead atoms. The van der Waals surface area contributed by atoms with Gasteiger partial charge < -0.3 is 17.3 Å². The van der Waals surface area contributed by atoms with Gasteiger partial charge in [-0.15, -0.1) is 0 Å². The molecule has 0 atom stereocenters. The highest BCUT2D eigenvalue weighted by Gasteiger charge is 2.09. The molecule has 0 amide bonds. The van der Waals surface area contributed by atoms with Crippen LogP contribution in [0.4, 0.5) is 11.4 Å². The molecule has 1 aromatic rings. The van der Waals surface area contributed by atoms with Crippen LogP contribution in [0.1, 0.15) is 5.56 Å². The molecule has 0 aliphatic rings. The first kappa shape index (κ1) is 11.7. The van der Waals surface area contributed by atoms with Gasteiger partial charge in [0.1, 0.15) is 0 Å². The SMILES string of the molecule is Cc1cc(N(C)C)ccc1[N+]#N.[Cl-]. The summed E-state index contributed by atoms with van der Waals surface area (Å²) < 4.78 is 0. The molecule has 4 heteroatoms. The van der Waals surface area contributed by atoms with Crippen LogP contribution in [0.15, 0.2) is 18.2 Å². The zero-order valence-corrected chi connectivity index (χ0v) is 8.71. The van der Waals surface area contributed by atoms with Crippen molar-refractivity contribution in [3.63, 3.8) is 0 Å². The Morgan fingerprint density at radius 2 is 1.92 bits per heavy atom. The van der Waals surface area contributed by atoms with E-state index < -0.39 is 0 Å². The van der Waals surface area contributed by atoms with Gasteiger partial charge in [0.25, 0.3) is 0 Å². The Bertz CT molecular complexity index is 328. The lowest BCUT2D eigenvalue weighted by Crippen LogP contribution is -3.00. The number of diazo groups is 1. The van der Waals surface area contributed by atoms with Crippen LogP contribution in [-0.4, -0.2) is 14.1 Å². The molecule has 0 saturated heterocycles. The van der Waals surface area contributed by atoms with Crippen LogP contribution in [0.3, 0.4) is 0 Å². The largest absolute Gasteiger partial charge is 1.00 e. The van der Waals surface area contributed by atoms with E-state index in [1.165, 1.54) is 0 Å². The number of nitrogens with zero attached hydrogens (tertiary/aromatic N) is 3. The number of benzene rings is 1. The fourth-order valence-electron chi connectivity index (χ4n) is 1.03. The number of rotatable bonds is 1. The third-order valence-electron chi connectivity index (χ3n) is 1.80. The Morgan fingerprint density at radius 1 is 1.31 bits per heavy atom. The maximum Gasteiger partial charge on any atom is 0.388 e. The van der Waals surface area contributed by atoms with Crippen molar-refractivity contribution < 1.29 is 12.4 Å². The molecule has 0 aliphatic heterocycles. The summed E-state index contributed by atoms with van der Waals surface area (Å²) in [4.78, 5) is 5.16. The average Bonchev–Trinajstić information content (AvgIpc) is 2.04. The lowest BCUT2D eigenvalue weighted by atomic mass is 10.2. The Kier molecular flexibility index (Phi) is 4.22. The summed E-state index contributed by atoms with van der Waals surface area (Å²) in [6.07, 6.45) is 0. The van der Waals surface area contributed by atoms with Gasteiger partial charge in [-0.25, -0.2) is 0 Å². The minimum Gasteiger partial charge on any atom is -1.00 e. The first-order valence-electron chi connectivity index (χ1n) is 3.78. The topological polar surface area (TPSA) is 31.4 Å². The lowest BCUT2D eigenvalue weighted by Gasteiger charge is -2.11. The Balaban J connectivity index is 0.00000144. The first-order chi connectivity index (χ1) is 5.65. The zero-order valence-electron chi connectivity index (χ0n) is 7.95. The lowest BCUT2D eigenvalue weighted by molar-refractivity contribution is -0.00000284. The van der Waals surface area contributed by atoms with E-state index in [0.29, 0.717) is 5.69 Å². The van der Waals surface area contributed by atoms with Crippen LogP contribution >= 0.6 is 0 Å². The smallest absolute Gasteiger partial charge is 0.388 e. The molecule has 0 N–H and O–H groups in total. The molecule has 0 spiro atoms. The van der Waals surface area contributed by atoms with Crippen molar-refractivity contribution in [3.05, 3.63) is 28.7 Å². The first-order valence-corrected chi connectivity index (χ1v) is 3.78. The van der Waals surface area contributed by atoms with Crippen molar-refractivity contribution in [3.8, 4) is 0 Å². The van der Waals surface area contributed by atoms with Gasteiger partial charge in [-0.2, -0.15) is 0 Å². The third-order valence-corrected chi connectivity index (χ3v) is 1.80. The van der Waals surface area contributed by atoms with E-state index in [1.54, 1.807) is 6.07 Å². The molecule has 0 radical (unpaired) electrons. The average molecular weight is 198 g/mol. The molecule has 0 aromatic heterocycles. The summed E-state index contributed by atoms with van der Waals surface area (Å²) in [5, 5.41) is 8.56. The summed E-state index contributed by atoms with van der Waals surface area (Å²) >= 11 is 0. The number of anilines is 1. The predicted molar refractivity (Wildman–Crippen MR) is 50.3 cm³/mol. The number of halogens is 1. The molecule has 1 aromatic carbocycles. The Labute approximate surface area is 84.4 Å². The maximum atomic E-state index is 8.56. The van der Waals surface area contributed by atoms with Crippen molar-refractivity contribution >= 4 is 11.4 Å². The van der Waals surface area contributed by atoms with E-state index >= 15 is 0 Å². The third kappa shape index (κ3) is 2.60. The second-order valence-electron chi connectivity index (χ2n) is 2.97. The minimum atomic E-state index is 0. The molecule has 0 aliphatic carbocycles. The summed E-state index contributed by atoms with van der Waals surface area (Å²) in [6, 6.07) is 5.70. The van der Waals surface area contributed by atoms with Gasteiger partial charge in [-0.05, 0) is 19.1 Å². The second kappa shape index (κ2) is 4.68. The van der Waals surface area contributed by atoms with Crippen LogP contribution < -0.4 is 17.3 Å². The summed E-state index contributed by atoms with van der Waals surface area (Å²) in [7, 11) is 3.95. The summed E-state index contributed by atoms with van der Waals surface area (Å²) in [6.45, 7) is 1.92. The van der Waals surface area contributed by atoms with E-state index in [2.05, 4.69) is 4.98 Å². The van der Waals surface area contributed by atoms with Crippen molar-refractivity contribution in [1.82, 2.24) is 0 Å².